The van der Waals surface area contributed by atoms with E-state index in [1.165, 1.54) is 16.0 Å². The highest BCUT2D eigenvalue weighted by Crippen LogP contribution is 2.32. The van der Waals surface area contributed by atoms with E-state index in [1.54, 1.807) is 17.8 Å². The molecule has 0 N–H and O–H groups in total. The summed E-state index contributed by atoms with van der Waals surface area (Å²) in [5, 5.41) is 1.33. The second kappa shape index (κ2) is 7.23. The van der Waals surface area contributed by atoms with Crippen molar-refractivity contribution in [3.05, 3.63) is 94.0 Å². The quantitative estimate of drug-likeness (QED) is 0.505. The Labute approximate surface area is 145 Å². The van der Waals surface area contributed by atoms with Gasteiger partial charge in [0.1, 0.15) is 0 Å². The van der Waals surface area contributed by atoms with E-state index in [-0.39, 0.29) is 0 Å². The maximum atomic E-state index is 6.03. The van der Waals surface area contributed by atoms with Crippen molar-refractivity contribution in [1.29, 1.82) is 0 Å². The molecule has 0 bridgehead atoms. The Morgan fingerprint density at radius 1 is 0.636 bits per heavy atom. The third-order valence-electron chi connectivity index (χ3n) is 3.25. The molecule has 0 radical (unpaired) electrons. The van der Waals surface area contributed by atoms with Crippen LogP contribution in [0, 0.1) is 0 Å². The van der Waals surface area contributed by atoms with Crippen molar-refractivity contribution in [2.24, 2.45) is 0 Å². The molecule has 0 heterocycles. The van der Waals surface area contributed by atoms with E-state index in [0.29, 0.717) is 10.0 Å². The van der Waals surface area contributed by atoms with E-state index in [0.717, 1.165) is 11.3 Å². The lowest BCUT2D eigenvalue weighted by atomic mass is 10.1. The number of hydrogen-bond donors (Lipinski definition) is 0. The first kappa shape index (κ1) is 15.5. The Balaban J connectivity index is 1.71. The van der Waals surface area contributed by atoms with Crippen molar-refractivity contribution >= 4 is 35.0 Å². The standard InChI is InChI=1S/C19H14Cl2S/c20-16-11-17(21)13-19(12-16)22-18-8-6-15(7-9-18)10-14-4-2-1-3-5-14/h1-9,11-13H,10H2. The first-order valence-electron chi connectivity index (χ1n) is 6.96. The summed E-state index contributed by atoms with van der Waals surface area (Å²) in [5.74, 6) is 0. The van der Waals surface area contributed by atoms with Gasteiger partial charge in [0, 0.05) is 19.8 Å². The molecule has 0 atom stereocenters. The number of rotatable bonds is 4. The molecule has 110 valence electrons. The predicted molar refractivity (Wildman–Crippen MR) is 96.3 cm³/mol. The topological polar surface area (TPSA) is 0 Å². The van der Waals surface area contributed by atoms with Crippen molar-refractivity contribution in [3.63, 3.8) is 0 Å². The monoisotopic (exact) mass is 344 g/mol. The summed E-state index contributed by atoms with van der Waals surface area (Å²) >= 11 is 13.7. The van der Waals surface area contributed by atoms with Gasteiger partial charge in [0.25, 0.3) is 0 Å². The second-order valence-electron chi connectivity index (χ2n) is 5.01. The smallest absolute Gasteiger partial charge is 0.0432 e. The van der Waals surface area contributed by atoms with Crippen molar-refractivity contribution < 1.29 is 0 Å². The summed E-state index contributed by atoms with van der Waals surface area (Å²) in [6.07, 6.45) is 0.953. The molecule has 0 aliphatic carbocycles. The zero-order valence-corrected chi connectivity index (χ0v) is 14.1. The van der Waals surface area contributed by atoms with E-state index >= 15 is 0 Å². The molecule has 0 aromatic heterocycles. The zero-order chi connectivity index (χ0) is 15.4. The lowest BCUT2D eigenvalue weighted by Crippen LogP contribution is -1.87. The van der Waals surface area contributed by atoms with Gasteiger partial charge >= 0.3 is 0 Å². The van der Waals surface area contributed by atoms with E-state index < -0.39 is 0 Å². The average Bonchev–Trinajstić information content (AvgIpc) is 2.49. The van der Waals surface area contributed by atoms with Crippen LogP contribution >= 0.6 is 35.0 Å². The first-order chi connectivity index (χ1) is 10.7. The summed E-state index contributed by atoms with van der Waals surface area (Å²) in [5.41, 5.74) is 2.63. The highest BCUT2D eigenvalue weighted by atomic mass is 35.5. The van der Waals surface area contributed by atoms with Crippen LogP contribution in [0.15, 0.2) is 82.6 Å². The lowest BCUT2D eigenvalue weighted by molar-refractivity contribution is 1.18. The number of hydrogen-bond acceptors (Lipinski definition) is 1. The van der Waals surface area contributed by atoms with Crippen LogP contribution in [0.3, 0.4) is 0 Å². The zero-order valence-electron chi connectivity index (χ0n) is 11.8. The van der Waals surface area contributed by atoms with Gasteiger partial charge in [-0.2, -0.15) is 0 Å². The van der Waals surface area contributed by atoms with Crippen LogP contribution in [0.25, 0.3) is 0 Å². The van der Waals surface area contributed by atoms with Crippen molar-refractivity contribution in [2.45, 2.75) is 16.2 Å². The Bertz CT molecular complexity index is 732. The summed E-state index contributed by atoms with van der Waals surface area (Å²) in [7, 11) is 0. The van der Waals surface area contributed by atoms with Crippen LogP contribution in [0.1, 0.15) is 11.1 Å². The van der Waals surface area contributed by atoms with Crippen LogP contribution in [0.4, 0.5) is 0 Å². The fraction of sp³-hybridized carbons (Fsp3) is 0.0526. The molecule has 0 aliphatic heterocycles. The molecule has 0 nitrogen and oxygen atoms in total. The Hall–Kier alpha value is -1.41. The molecule has 3 aromatic rings. The number of benzene rings is 3. The molecule has 0 saturated carbocycles. The van der Waals surface area contributed by atoms with Crippen LogP contribution in [-0.2, 0) is 6.42 Å². The molecule has 3 aromatic carbocycles. The molecule has 0 amide bonds. The average molecular weight is 345 g/mol. The lowest BCUT2D eigenvalue weighted by Gasteiger charge is -2.06. The highest BCUT2D eigenvalue weighted by Gasteiger charge is 2.02. The maximum absolute atomic E-state index is 6.03. The molecule has 3 rings (SSSR count). The van der Waals surface area contributed by atoms with Gasteiger partial charge in [-0.3, -0.25) is 0 Å². The number of halogens is 2. The summed E-state index contributed by atoms with van der Waals surface area (Å²) in [4.78, 5) is 2.23. The van der Waals surface area contributed by atoms with Gasteiger partial charge in [-0.25, -0.2) is 0 Å². The minimum absolute atomic E-state index is 0.663. The largest absolute Gasteiger partial charge is 0.0900 e. The normalized spacial score (nSPS) is 10.6. The minimum atomic E-state index is 0.663. The van der Waals surface area contributed by atoms with Crippen molar-refractivity contribution in [2.75, 3.05) is 0 Å². The third-order valence-corrected chi connectivity index (χ3v) is 4.66. The fourth-order valence-corrected chi connectivity index (χ4v) is 3.80. The van der Waals surface area contributed by atoms with Gasteiger partial charge in [-0.1, -0.05) is 77.4 Å². The summed E-state index contributed by atoms with van der Waals surface area (Å²) in [6, 6.07) is 24.7. The van der Waals surface area contributed by atoms with Gasteiger partial charge in [-0.05, 0) is 47.9 Å². The third kappa shape index (κ3) is 4.30. The van der Waals surface area contributed by atoms with Crippen LogP contribution in [0.5, 0.6) is 0 Å². The minimum Gasteiger partial charge on any atom is -0.0900 e. The molecule has 3 heteroatoms. The van der Waals surface area contributed by atoms with Gasteiger partial charge in [0.05, 0.1) is 0 Å². The molecule has 0 unspecified atom stereocenters. The molecule has 0 spiro atoms. The van der Waals surface area contributed by atoms with Crippen LogP contribution in [-0.4, -0.2) is 0 Å². The van der Waals surface area contributed by atoms with Gasteiger partial charge in [0.2, 0.25) is 0 Å². The van der Waals surface area contributed by atoms with E-state index in [9.17, 15) is 0 Å². The molecular formula is C19H14Cl2S. The summed E-state index contributed by atoms with van der Waals surface area (Å²) < 4.78 is 0. The SMILES string of the molecule is Clc1cc(Cl)cc(Sc2ccc(Cc3ccccc3)cc2)c1. The van der Waals surface area contributed by atoms with Crippen molar-refractivity contribution in [3.8, 4) is 0 Å². The van der Waals surface area contributed by atoms with Gasteiger partial charge < -0.3 is 0 Å². The van der Waals surface area contributed by atoms with Crippen molar-refractivity contribution in [1.82, 2.24) is 0 Å². The van der Waals surface area contributed by atoms with Crippen LogP contribution in [0.2, 0.25) is 10.0 Å². The first-order valence-corrected chi connectivity index (χ1v) is 8.53. The summed E-state index contributed by atoms with van der Waals surface area (Å²) in [6.45, 7) is 0. The Kier molecular flexibility index (Phi) is 5.09. The molecule has 0 saturated heterocycles. The highest BCUT2D eigenvalue weighted by molar-refractivity contribution is 7.99. The predicted octanol–water partition coefficient (Wildman–Crippen LogP) is 6.74. The van der Waals surface area contributed by atoms with Gasteiger partial charge in [-0.15, -0.1) is 0 Å². The van der Waals surface area contributed by atoms with Crippen LogP contribution < -0.4 is 0 Å². The Morgan fingerprint density at radius 3 is 1.86 bits per heavy atom. The maximum Gasteiger partial charge on any atom is 0.0432 e. The Morgan fingerprint density at radius 2 is 1.23 bits per heavy atom. The molecule has 0 fully saturated rings. The molecule has 0 aliphatic rings. The molecular weight excluding hydrogens is 331 g/mol. The van der Waals surface area contributed by atoms with Gasteiger partial charge in [0.15, 0.2) is 0 Å². The van der Waals surface area contributed by atoms with E-state index in [1.807, 2.05) is 18.2 Å². The molecule has 22 heavy (non-hydrogen) atoms. The fourth-order valence-electron chi connectivity index (χ4n) is 2.23. The second-order valence-corrected chi connectivity index (χ2v) is 7.03. The van der Waals surface area contributed by atoms with E-state index in [4.69, 9.17) is 23.2 Å². The van der Waals surface area contributed by atoms with E-state index in [2.05, 4.69) is 48.5 Å².